The molecule has 0 saturated heterocycles. The van der Waals surface area contributed by atoms with Gasteiger partial charge in [-0.25, -0.2) is 4.68 Å². The summed E-state index contributed by atoms with van der Waals surface area (Å²) in [5, 5.41) is 15.9. The SMILES string of the molecule is CCCn1ncc(C(=O)c2ccc([N+](=O)[O-])c(C(C)=C(C)C)c2C)c1OS(=O)(=O)c1ccc(C)cc1. The van der Waals surface area contributed by atoms with Gasteiger partial charge in [-0.15, -0.1) is 0 Å². The van der Waals surface area contributed by atoms with E-state index in [0.717, 1.165) is 11.1 Å². The van der Waals surface area contributed by atoms with E-state index >= 15 is 0 Å². The van der Waals surface area contributed by atoms with Crippen LogP contribution in [0.4, 0.5) is 5.69 Å². The van der Waals surface area contributed by atoms with Gasteiger partial charge in [0.2, 0.25) is 5.88 Å². The van der Waals surface area contributed by atoms with Gasteiger partial charge >= 0.3 is 10.1 Å². The van der Waals surface area contributed by atoms with E-state index in [9.17, 15) is 23.3 Å². The molecule has 36 heavy (non-hydrogen) atoms. The molecule has 0 atom stereocenters. The molecule has 0 aliphatic heterocycles. The molecule has 2 aromatic carbocycles. The van der Waals surface area contributed by atoms with Crippen molar-refractivity contribution >= 4 is 27.2 Å². The van der Waals surface area contributed by atoms with E-state index in [2.05, 4.69) is 5.10 Å². The van der Waals surface area contributed by atoms with Gasteiger partial charge in [0, 0.05) is 18.2 Å². The molecule has 0 fully saturated rings. The van der Waals surface area contributed by atoms with Crippen molar-refractivity contribution in [1.29, 1.82) is 0 Å². The first kappa shape index (κ1) is 26.8. The Labute approximate surface area is 210 Å². The van der Waals surface area contributed by atoms with E-state index in [1.165, 1.54) is 35.1 Å². The van der Waals surface area contributed by atoms with E-state index in [1.807, 2.05) is 27.7 Å². The van der Waals surface area contributed by atoms with Gasteiger partial charge in [-0.05, 0) is 70.4 Å². The van der Waals surface area contributed by atoms with Crippen molar-refractivity contribution in [2.24, 2.45) is 0 Å². The summed E-state index contributed by atoms with van der Waals surface area (Å²) in [7, 11) is -4.25. The number of aromatic nitrogens is 2. The molecular formula is C26H29N3O6S. The van der Waals surface area contributed by atoms with Crippen molar-refractivity contribution in [3.63, 3.8) is 0 Å². The van der Waals surface area contributed by atoms with Crippen LogP contribution in [0.3, 0.4) is 0 Å². The molecule has 1 heterocycles. The third-order valence-electron chi connectivity index (χ3n) is 5.98. The van der Waals surface area contributed by atoms with Crippen LogP contribution in [0.25, 0.3) is 5.57 Å². The number of nitro groups is 1. The number of rotatable bonds is 9. The minimum absolute atomic E-state index is 0.0445. The largest absolute Gasteiger partial charge is 0.358 e. The molecule has 0 aliphatic carbocycles. The van der Waals surface area contributed by atoms with Crippen LogP contribution in [0.2, 0.25) is 0 Å². The smallest absolute Gasteiger partial charge is 0.340 e. The molecule has 0 unspecified atom stereocenters. The van der Waals surface area contributed by atoms with Crippen LogP contribution in [0.5, 0.6) is 5.88 Å². The zero-order chi connectivity index (χ0) is 26.8. The number of ketones is 1. The van der Waals surface area contributed by atoms with Gasteiger partial charge in [-0.2, -0.15) is 13.5 Å². The quantitative estimate of drug-likeness (QED) is 0.158. The van der Waals surface area contributed by atoms with Crippen molar-refractivity contribution in [3.05, 3.63) is 86.1 Å². The van der Waals surface area contributed by atoms with Crippen molar-refractivity contribution in [2.45, 2.75) is 59.4 Å². The molecule has 3 rings (SSSR count). The van der Waals surface area contributed by atoms with Crippen LogP contribution in [0, 0.1) is 24.0 Å². The van der Waals surface area contributed by atoms with Gasteiger partial charge in [-0.1, -0.05) is 30.2 Å². The molecule has 10 heteroatoms. The molecule has 190 valence electrons. The Hall–Kier alpha value is -3.79. The van der Waals surface area contributed by atoms with Gasteiger partial charge in [0.05, 0.1) is 16.7 Å². The first-order chi connectivity index (χ1) is 16.9. The lowest BCUT2D eigenvalue weighted by Crippen LogP contribution is -2.16. The number of nitro benzene ring substituents is 1. The first-order valence-electron chi connectivity index (χ1n) is 11.4. The van der Waals surface area contributed by atoms with Gasteiger partial charge in [-0.3, -0.25) is 14.9 Å². The fraction of sp³-hybridized carbons (Fsp3) is 0.308. The molecule has 0 aliphatic rings. The third kappa shape index (κ3) is 5.23. The number of carbonyl (C=O) groups excluding carboxylic acids is 1. The van der Waals surface area contributed by atoms with Crippen molar-refractivity contribution in [3.8, 4) is 5.88 Å². The lowest BCUT2D eigenvalue weighted by molar-refractivity contribution is -0.385. The fourth-order valence-corrected chi connectivity index (χ4v) is 4.76. The molecule has 0 radical (unpaired) electrons. The zero-order valence-electron chi connectivity index (χ0n) is 21.2. The second-order valence-corrected chi connectivity index (χ2v) is 10.3. The molecule has 0 saturated carbocycles. The van der Waals surface area contributed by atoms with Crippen molar-refractivity contribution in [2.75, 3.05) is 0 Å². The van der Waals surface area contributed by atoms with Gasteiger partial charge < -0.3 is 4.18 Å². The Kier molecular flexibility index (Phi) is 7.78. The number of nitrogens with zero attached hydrogens (tertiary/aromatic N) is 3. The Morgan fingerprint density at radius 1 is 1.06 bits per heavy atom. The molecule has 1 aromatic heterocycles. The number of hydrogen-bond donors (Lipinski definition) is 0. The van der Waals surface area contributed by atoms with Crippen molar-refractivity contribution < 1.29 is 22.3 Å². The summed E-state index contributed by atoms with van der Waals surface area (Å²) in [4.78, 5) is 24.8. The highest BCUT2D eigenvalue weighted by molar-refractivity contribution is 7.87. The average Bonchev–Trinajstić information content (AvgIpc) is 3.19. The number of hydrogen-bond acceptors (Lipinski definition) is 7. The van der Waals surface area contributed by atoms with Gasteiger partial charge in [0.15, 0.2) is 5.78 Å². The predicted molar refractivity (Wildman–Crippen MR) is 137 cm³/mol. The molecule has 0 amide bonds. The topological polar surface area (TPSA) is 121 Å². The van der Waals surface area contributed by atoms with Crippen LogP contribution in [-0.2, 0) is 16.7 Å². The van der Waals surface area contributed by atoms with Crippen LogP contribution in [0.15, 0.2) is 53.1 Å². The summed E-state index contributed by atoms with van der Waals surface area (Å²) < 4.78 is 32.9. The second-order valence-electron chi connectivity index (χ2n) is 8.78. The van der Waals surface area contributed by atoms with Crippen LogP contribution >= 0.6 is 0 Å². The zero-order valence-corrected chi connectivity index (χ0v) is 22.0. The normalized spacial score (nSPS) is 11.3. The first-order valence-corrected chi connectivity index (χ1v) is 12.8. The van der Waals surface area contributed by atoms with E-state index in [4.69, 9.17) is 4.18 Å². The molecule has 3 aromatic rings. The maximum atomic E-state index is 13.7. The van der Waals surface area contributed by atoms with Crippen LogP contribution in [-0.4, -0.2) is 28.9 Å². The van der Waals surface area contributed by atoms with Gasteiger partial charge in [0.25, 0.3) is 5.69 Å². The van der Waals surface area contributed by atoms with E-state index in [-0.39, 0.29) is 27.6 Å². The molecule has 9 nitrogen and oxygen atoms in total. The van der Waals surface area contributed by atoms with Crippen LogP contribution < -0.4 is 4.18 Å². The van der Waals surface area contributed by atoms with E-state index in [1.54, 1.807) is 26.0 Å². The molecule has 0 N–H and O–H groups in total. The minimum Gasteiger partial charge on any atom is -0.358 e. The highest BCUT2D eigenvalue weighted by Crippen LogP contribution is 2.35. The highest BCUT2D eigenvalue weighted by Gasteiger charge is 2.29. The summed E-state index contributed by atoms with van der Waals surface area (Å²) in [6.45, 7) is 11.1. The Balaban J connectivity index is 2.16. The van der Waals surface area contributed by atoms with E-state index in [0.29, 0.717) is 29.7 Å². The fourth-order valence-electron chi connectivity index (χ4n) is 3.81. The number of aryl methyl sites for hydroxylation is 2. The summed E-state index contributed by atoms with van der Waals surface area (Å²) in [6, 6.07) is 8.84. The maximum absolute atomic E-state index is 13.7. The standard InChI is InChI=1S/C26H29N3O6S/c1-7-14-28-26(35-36(33,34)20-10-8-17(4)9-11-20)22(15-27-28)25(30)21-12-13-23(29(31)32)24(19(21)6)18(5)16(2)3/h8-13,15H,7,14H2,1-6H3. The summed E-state index contributed by atoms with van der Waals surface area (Å²) in [5.41, 5.74) is 3.27. The van der Waals surface area contributed by atoms with Gasteiger partial charge in [0.1, 0.15) is 10.5 Å². The van der Waals surface area contributed by atoms with Crippen molar-refractivity contribution in [1.82, 2.24) is 9.78 Å². The highest BCUT2D eigenvalue weighted by atomic mass is 32.2. The van der Waals surface area contributed by atoms with Crippen LogP contribution in [0.1, 0.15) is 66.7 Å². The molecule has 0 bridgehead atoms. The maximum Gasteiger partial charge on any atom is 0.340 e. The Morgan fingerprint density at radius 2 is 1.69 bits per heavy atom. The predicted octanol–water partition coefficient (Wildman–Crippen LogP) is 5.63. The molecule has 0 spiro atoms. The summed E-state index contributed by atoms with van der Waals surface area (Å²) in [6.07, 6.45) is 1.89. The lowest BCUT2D eigenvalue weighted by atomic mass is 9.90. The average molecular weight is 512 g/mol. The summed E-state index contributed by atoms with van der Waals surface area (Å²) in [5.74, 6) is -0.734. The Bertz CT molecular complexity index is 1460. The van der Waals surface area contributed by atoms with E-state index < -0.39 is 20.8 Å². The second kappa shape index (κ2) is 10.4. The third-order valence-corrected chi connectivity index (χ3v) is 7.21. The molecular weight excluding hydrogens is 482 g/mol. The number of allylic oxidation sites excluding steroid dienone is 2. The Morgan fingerprint density at radius 3 is 2.25 bits per heavy atom. The minimum atomic E-state index is -4.25. The monoisotopic (exact) mass is 511 g/mol. The lowest BCUT2D eigenvalue weighted by Gasteiger charge is -2.14. The number of carbonyl (C=O) groups is 1. The number of benzene rings is 2. The summed E-state index contributed by atoms with van der Waals surface area (Å²) >= 11 is 0.